The van der Waals surface area contributed by atoms with Gasteiger partial charge in [-0.1, -0.05) is 6.07 Å². The van der Waals surface area contributed by atoms with Gasteiger partial charge < -0.3 is 5.32 Å². The van der Waals surface area contributed by atoms with E-state index in [-0.39, 0.29) is 0 Å². The van der Waals surface area contributed by atoms with Gasteiger partial charge in [0.1, 0.15) is 0 Å². The number of halogens is 1. The maximum absolute atomic E-state index is 3.59. The van der Waals surface area contributed by atoms with E-state index in [2.05, 4.69) is 50.2 Å². The molecule has 1 atom stereocenters. The first-order valence-corrected chi connectivity index (χ1v) is 7.29. The van der Waals surface area contributed by atoms with Crippen LogP contribution in [0.25, 0.3) is 0 Å². The zero-order chi connectivity index (χ0) is 10.7. The normalized spacial score (nSPS) is 12.9. The summed E-state index contributed by atoms with van der Waals surface area (Å²) in [5, 5.41) is 7.62. The van der Waals surface area contributed by atoms with Crippen LogP contribution < -0.4 is 5.32 Å². The van der Waals surface area contributed by atoms with Gasteiger partial charge in [0, 0.05) is 26.7 Å². The van der Waals surface area contributed by atoms with Gasteiger partial charge in [0.25, 0.3) is 0 Å². The number of hydrogen-bond donors (Lipinski definition) is 1. The van der Waals surface area contributed by atoms with Crippen LogP contribution in [0, 0.1) is 0 Å². The van der Waals surface area contributed by atoms with Crippen molar-refractivity contribution in [2.45, 2.75) is 12.5 Å². The van der Waals surface area contributed by atoms with Gasteiger partial charge >= 0.3 is 0 Å². The summed E-state index contributed by atoms with van der Waals surface area (Å²) in [5.41, 5.74) is 0. The largest absolute Gasteiger partial charge is 0.312 e. The van der Waals surface area contributed by atoms with Gasteiger partial charge in [-0.3, -0.25) is 0 Å². The topological polar surface area (TPSA) is 12.0 Å². The van der Waals surface area contributed by atoms with Crippen LogP contribution in [-0.2, 0) is 6.42 Å². The number of hydrogen-bond acceptors (Lipinski definition) is 3. The Balaban J connectivity index is 2.15. The molecule has 1 N–H and O–H groups in total. The van der Waals surface area contributed by atoms with E-state index in [9.17, 15) is 0 Å². The molecule has 0 spiro atoms. The molecule has 0 saturated heterocycles. The highest BCUT2D eigenvalue weighted by atomic mass is 79.9. The van der Waals surface area contributed by atoms with Gasteiger partial charge in [-0.05, 0) is 45.9 Å². The maximum atomic E-state index is 3.59. The lowest BCUT2D eigenvalue weighted by molar-refractivity contribution is 0.605. The predicted molar refractivity (Wildman–Crippen MR) is 71.8 cm³/mol. The third-order valence-electron chi connectivity index (χ3n) is 2.30. The molecule has 2 aromatic heterocycles. The lowest BCUT2D eigenvalue weighted by Crippen LogP contribution is -2.17. The standard InChI is InChI=1S/C11H12BrNS2/c1-13-10(7-8-3-2-5-14-8)11-9(12)4-6-15-11/h2-6,10,13H,7H2,1H3. The molecule has 2 aromatic rings. The van der Waals surface area contributed by atoms with Crippen LogP contribution >= 0.6 is 38.6 Å². The van der Waals surface area contributed by atoms with Crippen LogP contribution in [0.15, 0.2) is 33.4 Å². The molecule has 0 aliphatic heterocycles. The Kier molecular flexibility index (Phi) is 3.97. The Bertz CT molecular complexity index is 408. The van der Waals surface area contributed by atoms with Crippen molar-refractivity contribution in [2.24, 2.45) is 0 Å². The van der Waals surface area contributed by atoms with E-state index in [4.69, 9.17) is 0 Å². The first-order chi connectivity index (χ1) is 7.31. The number of rotatable bonds is 4. The smallest absolute Gasteiger partial charge is 0.0472 e. The lowest BCUT2D eigenvalue weighted by Gasteiger charge is -2.14. The second-order valence-corrected chi connectivity index (χ2v) is 6.09. The molecule has 0 aliphatic carbocycles. The minimum absolute atomic E-state index is 0.415. The molecule has 2 heterocycles. The molecule has 80 valence electrons. The Morgan fingerprint density at radius 2 is 2.20 bits per heavy atom. The molecule has 1 unspecified atom stereocenters. The average Bonchev–Trinajstić information content (AvgIpc) is 2.85. The van der Waals surface area contributed by atoms with E-state index in [0.717, 1.165) is 6.42 Å². The SMILES string of the molecule is CNC(Cc1cccs1)c1sccc1Br. The molecule has 2 rings (SSSR count). The van der Waals surface area contributed by atoms with E-state index < -0.39 is 0 Å². The minimum atomic E-state index is 0.415. The Morgan fingerprint density at radius 3 is 2.73 bits per heavy atom. The van der Waals surface area contributed by atoms with Crippen LogP contribution in [0.4, 0.5) is 0 Å². The maximum Gasteiger partial charge on any atom is 0.0472 e. The highest BCUT2D eigenvalue weighted by Crippen LogP contribution is 2.31. The zero-order valence-electron chi connectivity index (χ0n) is 8.37. The molecule has 0 aliphatic rings. The Morgan fingerprint density at radius 1 is 1.33 bits per heavy atom. The molecule has 0 aromatic carbocycles. The van der Waals surface area contributed by atoms with Crippen molar-refractivity contribution in [3.05, 3.63) is 43.2 Å². The van der Waals surface area contributed by atoms with Gasteiger partial charge in [-0.25, -0.2) is 0 Å². The quantitative estimate of drug-likeness (QED) is 0.897. The summed E-state index contributed by atoms with van der Waals surface area (Å²) < 4.78 is 1.21. The third kappa shape index (κ3) is 2.69. The predicted octanol–water partition coefficient (Wildman–Crippen LogP) is 4.08. The second-order valence-electron chi connectivity index (χ2n) is 3.26. The summed E-state index contributed by atoms with van der Waals surface area (Å²) in [6.45, 7) is 0. The van der Waals surface area contributed by atoms with Crippen molar-refractivity contribution in [1.29, 1.82) is 0 Å². The van der Waals surface area contributed by atoms with Gasteiger partial charge in [0.15, 0.2) is 0 Å². The first-order valence-electron chi connectivity index (χ1n) is 4.74. The zero-order valence-corrected chi connectivity index (χ0v) is 11.6. The highest BCUT2D eigenvalue weighted by molar-refractivity contribution is 9.10. The fourth-order valence-electron chi connectivity index (χ4n) is 1.51. The third-order valence-corrected chi connectivity index (χ3v) is 5.18. The number of thiophene rings is 2. The number of nitrogens with one attached hydrogen (secondary N) is 1. The molecule has 15 heavy (non-hydrogen) atoms. The summed E-state index contributed by atoms with van der Waals surface area (Å²) in [4.78, 5) is 2.81. The van der Waals surface area contributed by atoms with Crippen LogP contribution in [0.5, 0.6) is 0 Å². The van der Waals surface area contributed by atoms with Gasteiger partial charge in [-0.2, -0.15) is 0 Å². The monoisotopic (exact) mass is 301 g/mol. The molecule has 0 fully saturated rings. The summed E-state index contributed by atoms with van der Waals surface area (Å²) in [6.07, 6.45) is 1.06. The lowest BCUT2D eigenvalue weighted by atomic mass is 10.1. The van der Waals surface area contributed by atoms with Crippen molar-refractivity contribution in [3.8, 4) is 0 Å². The molecular formula is C11H12BrNS2. The Labute approximate surface area is 106 Å². The van der Waals surface area contributed by atoms with Crippen molar-refractivity contribution < 1.29 is 0 Å². The molecule has 0 bridgehead atoms. The highest BCUT2D eigenvalue weighted by Gasteiger charge is 2.14. The van der Waals surface area contributed by atoms with E-state index >= 15 is 0 Å². The van der Waals surface area contributed by atoms with Crippen molar-refractivity contribution >= 4 is 38.6 Å². The summed E-state index contributed by atoms with van der Waals surface area (Å²) in [6, 6.07) is 6.82. The van der Waals surface area contributed by atoms with Crippen LogP contribution in [-0.4, -0.2) is 7.05 Å². The van der Waals surface area contributed by atoms with Crippen LogP contribution in [0.2, 0.25) is 0 Å². The van der Waals surface area contributed by atoms with Gasteiger partial charge in [0.05, 0.1) is 0 Å². The van der Waals surface area contributed by atoms with E-state index in [1.165, 1.54) is 14.2 Å². The summed E-state index contributed by atoms with van der Waals surface area (Å²) in [5.74, 6) is 0. The van der Waals surface area contributed by atoms with E-state index in [1.807, 2.05) is 18.4 Å². The fraction of sp³-hybridized carbons (Fsp3) is 0.273. The van der Waals surface area contributed by atoms with E-state index in [1.54, 1.807) is 11.3 Å². The number of likely N-dealkylation sites (N-methyl/N-ethyl adjacent to an activating group) is 1. The van der Waals surface area contributed by atoms with Gasteiger partial charge in [-0.15, -0.1) is 22.7 Å². The summed E-state index contributed by atoms with van der Waals surface area (Å²) >= 11 is 7.20. The van der Waals surface area contributed by atoms with Crippen molar-refractivity contribution in [1.82, 2.24) is 5.32 Å². The second kappa shape index (κ2) is 5.25. The Hall–Kier alpha value is -0.160. The van der Waals surface area contributed by atoms with Crippen molar-refractivity contribution in [2.75, 3.05) is 7.05 Å². The van der Waals surface area contributed by atoms with E-state index in [0.29, 0.717) is 6.04 Å². The van der Waals surface area contributed by atoms with Gasteiger partial charge in [0.2, 0.25) is 0 Å². The molecule has 4 heteroatoms. The molecule has 1 nitrogen and oxygen atoms in total. The van der Waals surface area contributed by atoms with Crippen LogP contribution in [0.3, 0.4) is 0 Å². The van der Waals surface area contributed by atoms with Crippen LogP contribution in [0.1, 0.15) is 15.8 Å². The molecule has 0 saturated carbocycles. The molecule has 0 radical (unpaired) electrons. The molecular weight excluding hydrogens is 290 g/mol. The fourth-order valence-corrected chi connectivity index (χ4v) is 4.02. The summed E-state index contributed by atoms with van der Waals surface area (Å²) in [7, 11) is 2.02. The average molecular weight is 302 g/mol. The minimum Gasteiger partial charge on any atom is -0.312 e. The van der Waals surface area contributed by atoms with Crippen molar-refractivity contribution in [3.63, 3.8) is 0 Å². The molecule has 0 amide bonds. The first kappa shape index (κ1) is 11.3.